The maximum absolute atomic E-state index is 10.4. The van der Waals surface area contributed by atoms with E-state index in [2.05, 4.69) is 19.2 Å². The van der Waals surface area contributed by atoms with Gasteiger partial charge in [0.2, 0.25) is 0 Å². The zero-order valence-electron chi connectivity index (χ0n) is 8.60. The van der Waals surface area contributed by atoms with Gasteiger partial charge in [-0.1, -0.05) is 13.8 Å². The Kier molecular flexibility index (Phi) is 6.26. The molecule has 0 aliphatic rings. The van der Waals surface area contributed by atoms with Gasteiger partial charge in [0.05, 0.1) is 0 Å². The Labute approximate surface area is 85.3 Å². The van der Waals surface area contributed by atoms with Crippen molar-refractivity contribution in [3.8, 4) is 0 Å². The van der Waals surface area contributed by atoms with Gasteiger partial charge in [-0.05, 0) is 25.4 Å². The highest BCUT2D eigenvalue weighted by atomic mass is 32.2. The molecule has 14 heavy (non-hydrogen) atoms. The van der Waals surface area contributed by atoms with E-state index in [1.165, 1.54) is 0 Å². The van der Waals surface area contributed by atoms with E-state index in [-0.39, 0.29) is 6.42 Å². The van der Waals surface area contributed by atoms with Crippen LogP contribution in [0.4, 0.5) is 0 Å². The normalized spacial score (nSPS) is 14.6. The molecule has 3 N–H and O–H groups in total. The summed E-state index contributed by atoms with van der Waals surface area (Å²) in [6, 6.07) is 0. The van der Waals surface area contributed by atoms with Crippen LogP contribution < -0.4 is 5.32 Å². The first-order chi connectivity index (χ1) is 6.34. The van der Waals surface area contributed by atoms with Crippen LogP contribution in [0, 0.1) is 5.92 Å². The van der Waals surface area contributed by atoms with Crippen molar-refractivity contribution in [1.29, 1.82) is 0 Å². The van der Waals surface area contributed by atoms with Gasteiger partial charge in [-0.2, -0.15) is 8.42 Å². The van der Waals surface area contributed by atoms with E-state index in [0.29, 0.717) is 12.5 Å². The molecule has 0 spiro atoms. The van der Waals surface area contributed by atoms with E-state index in [9.17, 15) is 8.42 Å². The topological polar surface area (TPSA) is 86.6 Å². The number of hydrogen-bond acceptors (Lipinski definition) is 4. The molecule has 86 valence electrons. The molecule has 0 aliphatic heterocycles. The highest BCUT2D eigenvalue weighted by Gasteiger charge is 2.18. The van der Waals surface area contributed by atoms with Gasteiger partial charge < -0.3 is 10.4 Å². The van der Waals surface area contributed by atoms with Gasteiger partial charge in [-0.3, -0.25) is 4.55 Å². The first-order valence-electron chi connectivity index (χ1n) is 4.69. The molecule has 0 amide bonds. The molecule has 5 nitrogen and oxygen atoms in total. The number of hydrogen-bond donors (Lipinski definition) is 3. The van der Waals surface area contributed by atoms with Crippen molar-refractivity contribution < 1.29 is 18.1 Å². The Morgan fingerprint density at radius 3 is 2.14 bits per heavy atom. The maximum atomic E-state index is 10.4. The zero-order chi connectivity index (χ0) is 11.2. The van der Waals surface area contributed by atoms with Gasteiger partial charge in [0.15, 0.2) is 5.44 Å². The van der Waals surface area contributed by atoms with E-state index in [4.69, 9.17) is 9.66 Å². The maximum Gasteiger partial charge on any atom is 0.292 e. The number of aliphatic hydroxyl groups is 1. The van der Waals surface area contributed by atoms with Crippen molar-refractivity contribution in [1.82, 2.24) is 5.32 Å². The molecule has 0 aliphatic carbocycles. The van der Waals surface area contributed by atoms with E-state index in [1.54, 1.807) is 0 Å². The Hall–Kier alpha value is -0.170. The van der Waals surface area contributed by atoms with Gasteiger partial charge in [-0.15, -0.1) is 0 Å². The van der Waals surface area contributed by atoms with Crippen LogP contribution in [0.5, 0.6) is 0 Å². The van der Waals surface area contributed by atoms with E-state index in [0.717, 1.165) is 13.0 Å². The Balaban J connectivity index is 3.46. The molecule has 0 rings (SSSR count). The van der Waals surface area contributed by atoms with Crippen LogP contribution in [-0.4, -0.2) is 36.6 Å². The zero-order valence-corrected chi connectivity index (χ0v) is 9.42. The molecular formula is C8H19NO4S. The smallest absolute Gasteiger partial charge is 0.292 e. The lowest BCUT2D eigenvalue weighted by atomic mass is 10.1. The van der Waals surface area contributed by atoms with Crippen molar-refractivity contribution in [3.05, 3.63) is 0 Å². The highest BCUT2D eigenvalue weighted by molar-refractivity contribution is 7.86. The molecule has 0 aromatic heterocycles. The Morgan fingerprint density at radius 2 is 1.71 bits per heavy atom. The molecule has 0 fully saturated rings. The summed E-state index contributed by atoms with van der Waals surface area (Å²) >= 11 is 0. The summed E-state index contributed by atoms with van der Waals surface area (Å²) < 4.78 is 29.2. The van der Waals surface area contributed by atoms with Crippen molar-refractivity contribution in [2.24, 2.45) is 5.92 Å². The molecule has 0 aromatic carbocycles. The first kappa shape index (κ1) is 13.8. The highest BCUT2D eigenvalue weighted by Crippen LogP contribution is 1.99. The fourth-order valence-corrected chi connectivity index (χ4v) is 1.31. The van der Waals surface area contributed by atoms with Crippen molar-refractivity contribution in [2.75, 3.05) is 13.1 Å². The van der Waals surface area contributed by atoms with Crippen LogP contribution in [0.1, 0.15) is 26.7 Å². The fourth-order valence-electron chi connectivity index (χ4n) is 0.890. The molecule has 1 atom stereocenters. The predicted molar refractivity (Wildman–Crippen MR) is 54.5 cm³/mol. The minimum absolute atomic E-state index is 0.0108. The van der Waals surface area contributed by atoms with Crippen molar-refractivity contribution in [2.45, 2.75) is 32.1 Å². The predicted octanol–water partition coefficient (Wildman–Crippen LogP) is 0.218. The largest absolute Gasteiger partial charge is 0.375 e. The summed E-state index contributed by atoms with van der Waals surface area (Å²) in [6.45, 7) is 5.35. The Bertz CT molecular complexity index is 238. The van der Waals surface area contributed by atoms with Gasteiger partial charge in [0.1, 0.15) is 0 Å². The van der Waals surface area contributed by atoms with Crippen LogP contribution >= 0.6 is 0 Å². The van der Waals surface area contributed by atoms with E-state index < -0.39 is 15.6 Å². The summed E-state index contributed by atoms with van der Waals surface area (Å²) in [7, 11) is -4.29. The van der Waals surface area contributed by atoms with Crippen LogP contribution in [-0.2, 0) is 10.1 Å². The van der Waals surface area contributed by atoms with Crippen molar-refractivity contribution >= 4 is 10.1 Å². The van der Waals surface area contributed by atoms with Crippen molar-refractivity contribution in [3.63, 3.8) is 0 Å². The minimum Gasteiger partial charge on any atom is -0.375 e. The summed E-state index contributed by atoms with van der Waals surface area (Å²) in [5, 5.41) is 11.9. The summed E-state index contributed by atoms with van der Waals surface area (Å²) in [4.78, 5) is 0. The Morgan fingerprint density at radius 1 is 1.21 bits per heavy atom. The first-order valence-corrected chi connectivity index (χ1v) is 6.19. The average molecular weight is 225 g/mol. The van der Waals surface area contributed by atoms with Gasteiger partial charge in [0.25, 0.3) is 10.1 Å². The lowest BCUT2D eigenvalue weighted by Crippen LogP contribution is -2.27. The number of nitrogens with one attached hydrogen (secondary N) is 1. The third-order valence-electron chi connectivity index (χ3n) is 1.81. The molecule has 1 unspecified atom stereocenters. The second kappa shape index (κ2) is 6.34. The lowest BCUT2D eigenvalue weighted by molar-refractivity contribution is 0.222. The third kappa shape index (κ3) is 7.25. The molecule has 0 radical (unpaired) electrons. The quantitative estimate of drug-likeness (QED) is 0.426. The van der Waals surface area contributed by atoms with Gasteiger partial charge in [-0.25, -0.2) is 0 Å². The van der Waals surface area contributed by atoms with Crippen LogP contribution in [0.2, 0.25) is 0 Å². The number of rotatable bonds is 7. The fraction of sp³-hybridized carbons (Fsp3) is 1.00. The van der Waals surface area contributed by atoms with Gasteiger partial charge in [0, 0.05) is 6.42 Å². The SMILES string of the molecule is CC(C)CCNCCC(O)S(=O)(=O)O. The summed E-state index contributed by atoms with van der Waals surface area (Å²) in [6.07, 6.45) is 1.01. The average Bonchev–Trinajstić information content (AvgIpc) is 2.01. The minimum atomic E-state index is -4.29. The van der Waals surface area contributed by atoms with Crippen LogP contribution in [0.25, 0.3) is 0 Å². The summed E-state index contributed by atoms with van der Waals surface area (Å²) in [5.41, 5.74) is -1.67. The standard InChI is InChI=1S/C8H19NO4S/c1-7(2)3-5-9-6-4-8(10)14(11,12)13/h7-10H,3-6H2,1-2H3,(H,11,12,13). The lowest BCUT2D eigenvalue weighted by Gasteiger charge is -2.09. The summed E-state index contributed by atoms with van der Waals surface area (Å²) in [5.74, 6) is 0.592. The molecule has 0 heterocycles. The monoisotopic (exact) mass is 225 g/mol. The second-order valence-corrected chi connectivity index (χ2v) is 5.26. The molecular weight excluding hydrogens is 206 g/mol. The van der Waals surface area contributed by atoms with Crippen LogP contribution in [0.15, 0.2) is 0 Å². The molecule has 0 aromatic rings. The van der Waals surface area contributed by atoms with E-state index >= 15 is 0 Å². The van der Waals surface area contributed by atoms with Gasteiger partial charge >= 0.3 is 0 Å². The molecule has 0 saturated carbocycles. The molecule has 0 bridgehead atoms. The van der Waals surface area contributed by atoms with E-state index in [1.807, 2.05) is 0 Å². The molecule has 6 heteroatoms. The number of aliphatic hydroxyl groups excluding tert-OH is 1. The second-order valence-electron chi connectivity index (χ2n) is 3.69. The van der Waals surface area contributed by atoms with Crippen LogP contribution in [0.3, 0.4) is 0 Å². The molecule has 0 saturated heterocycles. The third-order valence-corrected chi connectivity index (χ3v) is 2.73.